The summed E-state index contributed by atoms with van der Waals surface area (Å²) in [7, 11) is -3.69. The smallest absolute Gasteiger partial charge is 0.236 e. The van der Waals surface area contributed by atoms with Gasteiger partial charge >= 0.3 is 0 Å². The van der Waals surface area contributed by atoms with Crippen LogP contribution in [0.5, 0.6) is 11.6 Å². The number of nitrogens with zero attached hydrogens (tertiary/aromatic N) is 3. The van der Waals surface area contributed by atoms with Gasteiger partial charge in [-0.2, -0.15) is 4.98 Å². The van der Waals surface area contributed by atoms with Crippen LogP contribution in [0.25, 0.3) is 5.82 Å². The first-order valence-corrected chi connectivity index (χ1v) is 11.0. The van der Waals surface area contributed by atoms with E-state index in [2.05, 4.69) is 14.7 Å². The van der Waals surface area contributed by atoms with E-state index in [0.29, 0.717) is 34.5 Å². The molecule has 158 valence electrons. The SMILES string of the molecule is Cc1nc(Oc2ccc(NS(=O)(=O)Cc3cccc(F)c3)cc2)cc(-n2cccc2)n1. The lowest BCUT2D eigenvalue weighted by molar-refractivity contribution is 0.459. The van der Waals surface area contributed by atoms with E-state index in [1.165, 1.54) is 18.2 Å². The maximum atomic E-state index is 13.3. The van der Waals surface area contributed by atoms with E-state index in [1.807, 2.05) is 29.1 Å². The van der Waals surface area contributed by atoms with E-state index in [9.17, 15) is 12.8 Å². The Morgan fingerprint density at radius 3 is 2.45 bits per heavy atom. The Hall–Kier alpha value is -3.72. The summed E-state index contributed by atoms with van der Waals surface area (Å²) in [5.74, 6) is 1.29. The van der Waals surface area contributed by atoms with Crippen LogP contribution in [0.15, 0.2) is 79.1 Å². The van der Waals surface area contributed by atoms with Crippen LogP contribution in [-0.4, -0.2) is 23.0 Å². The number of benzene rings is 2. The first-order valence-electron chi connectivity index (χ1n) is 9.38. The molecule has 1 N–H and O–H groups in total. The second-order valence-corrected chi connectivity index (χ2v) is 8.54. The summed E-state index contributed by atoms with van der Waals surface area (Å²) in [6.07, 6.45) is 3.74. The average Bonchev–Trinajstić information content (AvgIpc) is 3.23. The van der Waals surface area contributed by atoms with Gasteiger partial charge in [-0.1, -0.05) is 12.1 Å². The summed E-state index contributed by atoms with van der Waals surface area (Å²) >= 11 is 0. The molecule has 0 amide bonds. The Bertz CT molecular complexity index is 1290. The van der Waals surface area contributed by atoms with E-state index in [4.69, 9.17) is 4.74 Å². The normalized spacial score (nSPS) is 11.3. The third-order valence-electron chi connectivity index (χ3n) is 4.27. The van der Waals surface area contributed by atoms with Gasteiger partial charge in [0, 0.05) is 24.1 Å². The van der Waals surface area contributed by atoms with Crippen molar-refractivity contribution in [2.45, 2.75) is 12.7 Å². The number of halogens is 1. The van der Waals surface area contributed by atoms with Crippen molar-refractivity contribution in [3.05, 3.63) is 96.3 Å². The number of aryl methyl sites for hydroxylation is 1. The number of hydrogen-bond donors (Lipinski definition) is 1. The minimum Gasteiger partial charge on any atom is -0.439 e. The van der Waals surface area contributed by atoms with Crippen LogP contribution in [0.4, 0.5) is 10.1 Å². The summed E-state index contributed by atoms with van der Waals surface area (Å²) in [5, 5.41) is 0. The first kappa shape index (κ1) is 20.5. The van der Waals surface area contributed by atoms with Gasteiger partial charge in [-0.25, -0.2) is 17.8 Å². The van der Waals surface area contributed by atoms with Crippen LogP contribution >= 0.6 is 0 Å². The molecule has 7 nitrogen and oxygen atoms in total. The van der Waals surface area contributed by atoms with E-state index < -0.39 is 15.8 Å². The summed E-state index contributed by atoms with van der Waals surface area (Å²) in [4.78, 5) is 8.67. The van der Waals surface area contributed by atoms with Gasteiger partial charge in [-0.3, -0.25) is 4.72 Å². The number of sulfonamides is 1. The van der Waals surface area contributed by atoms with Crippen molar-refractivity contribution in [3.63, 3.8) is 0 Å². The van der Waals surface area contributed by atoms with Crippen molar-refractivity contribution < 1.29 is 17.5 Å². The fourth-order valence-electron chi connectivity index (χ4n) is 2.97. The Balaban J connectivity index is 1.45. The van der Waals surface area contributed by atoms with Crippen molar-refractivity contribution >= 4 is 15.7 Å². The van der Waals surface area contributed by atoms with Gasteiger partial charge in [-0.15, -0.1) is 0 Å². The molecular weight excluding hydrogens is 419 g/mol. The second kappa shape index (κ2) is 8.57. The molecule has 2 heterocycles. The predicted molar refractivity (Wildman–Crippen MR) is 115 cm³/mol. The Morgan fingerprint density at radius 1 is 1.00 bits per heavy atom. The van der Waals surface area contributed by atoms with Crippen molar-refractivity contribution in [1.29, 1.82) is 0 Å². The zero-order valence-electron chi connectivity index (χ0n) is 16.6. The summed E-state index contributed by atoms with van der Waals surface area (Å²) in [6.45, 7) is 1.77. The molecular formula is C22H19FN4O3S. The molecule has 4 aromatic rings. The molecule has 0 fully saturated rings. The maximum Gasteiger partial charge on any atom is 0.236 e. The minimum atomic E-state index is -3.69. The largest absolute Gasteiger partial charge is 0.439 e. The molecule has 0 spiro atoms. The van der Waals surface area contributed by atoms with Gasteiger partial charge in [0.2, 0.25) is 15.9 Å². The molecule has 31 heavy (non-hydrogen) atoms. The Kier molecular flexibility index (Phi) is 5.68. The minimum absolute atomic E-state index is 0.328. The van der Waals surface area contributed by atoms with Gasteiger partial charge in [0.15, 0.2) is 0 Å². The number of anilines is 1. The van der Waals surface area contributed by atoms with Gasteiger partial charge in [0.25, 0.3) is 0 Å². The zero-order chi connectivity index (χ0) is 21.8. The number of hydrogen-bond acceptors (Lipinski definition) is 5. The highest BCUT2D eigenvalue weighted by molar-refractivity contribution is 7.91. The maximum absolute atomic E-state index is 13.3. The van der Waals surface area contributed by atoms with Crippen molar-refractivity contribution in [2.75, 3.05) is 4.72 Å². The summed E-state index contributed by atoms with van der Waals surface area (Å²) in [6, 6.07) is 17.4. The lowest BCUT2D eigenvalue weighted by Crippen LogP contribution is -2.15. The van der Waals surface area contributed by atoms with Crippen molar-refractivity contribution in [3.8, 4) is 17.4 Å². The van der Waals surface area contributed by atoms with Gasteiger partial charge in [-0.05, 0) is 61.0 Å². The summed E-state index contributed by atoms with van der Waals surface area (Å²) < 4.78 is 48.1. The van der Waals surface area contributed by atoms with Crippen LogP contribution < -0.4 is 9.46 Å². The Morgan fingerprint density at radius 2 is 1.74 bits per heavy atom. The van der Waals surface area contributed by atoms with Crippen molar-refractivity contribution in [1.82, 2.24) is 14.5 Å². The molecule has 0 radical (unpaired) electrons. The fraction of sp³-hybridized carbons (Fsp3) is 0.0909. The number of nitrogens with one attached hydrogen (secondary N) is 1. The van der Waals surface area contributed by atoms with Crippen LogP contribution in [0.1, 0.15) is 11.4 Å². The third kappa shape index (κ3) is 5.46. The van der Waals surface area contributed by atoms with Gasteiger partial charge < -0.3 is 9.30 Å². The molecule has 9 heteroatoms. The quantitative estimate of drug-likeness (QED) is 0.461. The lowest BCUT2D eigenvalue weighted by Gasteiger charge is -2.11. The number of rotatable bonds is 7. The molecule has 0 unspecified atom stereocenters. The number of aromatic nitrogens is 3. The number of ether oxygens (including phenoxy) is 1. The van der Waals surface area contributed by atoms with Crippen molar-refractivity contribution in [2.24, 2.45) is 0 Å². The molecule has 0 atom stereocenters. The molecule has 0 saturated heterocycles. The van der Waals surface area contributed by atoms with Gasteiger partial charge in [0.1, 0.15) is 23.2 Å². The molecule has 0 saturated carbocycles. The predicted octanol–water partition coefficient (Wildman–Crippen LogP) is 4.45. The van der Waals surface area contributed by atoms with Gasteiger partial charge in [0.05, 0.1) is 5.75 Å². The monoisotopic (exact) mass is 438 g/mol. The van der Waals surface area contributed by atoms with E-state index in [-0.39, 0.29) is 5.75 Å². The average molecular weight is 438 g/mol. The second-order valence-electron chi connectivity index (χ2n) is 6.82. The highest BCUT2D eigenvalue weighted by Crippen LogP contribution is 2.24. The highest BCUT2D eigenvalue weighted by atomic mass is 32.2. The van der Waals surface area contributed by atoms with E-state index in [1.54, 1.807) is 43.3 Å². The Labute approximate surface area is 179 Å². The van der Waals surface area contributed by atoms with Crippen LogP contribution in [0.2, 0.25) is 0 Å². The first-order chi connectivity index (χ1) is 14.9. The zero-order valence-corrected chi connectivity index (χ0v) is 17.4. The molecule has 0 aliphatic heterocycles. The van der Waals surface area contributed by atoms with E-state index in [0.717, 1.165) is 0 Å². The highest BCUT2D eigenvalue weighted by Gasteiger charge is 2.13. The van der Waals surface area contributed by atoms with Crippen LogP contribution in [-0.2, 0) is 15.8 Å². The molecule has 4 rings (SSSR count). The standard InChI is InChI=1S/C22H19FN4O3S/c1-16-24-21(27-11-2-3-12-27)14-22(25-16)30-20-9-7-19(8-10-20)26-31(28,29)15-17-5-4-6-18(23)13-17/h2-14,26H,15H2,1H3. The molecule has 2 aromatic heterocycles. The summed E-state index contributed by atoms with van der Waals surface area (Å²) in [5.41, 5.74) is 0.737. The van der Waals surface area contributed by atoms with E-state index >= 15 is 0 Å². The van der Waals surface area contributed by atoms with Crippen LogP contribution in [0.3, 0.4) is 0 Å². The molecule has 0 bridgehead atoms. The fourth-order valence-corrected chi connectivity index (χ4v) is 4.16. The third-order valence-corrected chi connectivity index (χ3v) is 5.53. The molecule has 0 aliphatic carbocycles. The van der Waals surface area contributed by atoms with Crippen LogP contribution in [0, 0.1) is 12.7 Å². The topological polar surface area (TPSA) is 86.1 Å². The molecule has 0 aliphatic rings. The lowest BCUT2D eigenvalue weighted by atomic mass is 10.2. The molecule has 2 aromatic carbocycles.